The lowest BCUT2D eigenvalue weighted by atomic mass is 9.82. The number of amides is 2. The van der Waals surface area contributed by atoms with Crippen molar-refractivity contribution in [1.82, 2.24) is 4.90 Å². The normalized spacial score (nSPS) is 19.5. The topological polar surface area (TPSA) is 77.9 Å². The first-order valence-electron chi connectivity index (χ1n) is 11.2. The quantitative estimate of drug-likeness (QED) is 0.623. The molecule has 1 heterocycles. The van der Waals surface area contributed by atoms with Crippen molar-refractivity contribution in [3.05, 3.63) is 15.8 Å². The highest BCUT2D eigenvalue weighted by Crippen LogP contribution is 2.35. The minimum atomic E-state index is -1.09. The van der Waals surface area contributed by atoms with Crippen LogP contribution in [0.15, 0.2) is 6.07 Å². The number of thiophene rings is 1. The van der Waals surface area contributed by atoms with Gasteiger partial charge in [-0.15, -0.1) is 11.3 Å². The molecule has 1 saturated carbocycles. The summed E-state index contributed by atoms with van der Waals surface area (Å²) in [5, 5.41) is 9.86. The fraction of sp³-hybridized carbons (Fsp3) is 0.640. The minimum absolute atomic E-state index is 0.0882. The zero-order valence-corrected chi connectivity index (χ0v) is 21.1. The molecule has 7 heteroatoms. The van der Waals surface area contributed by atoms with E-state index in [4.69, 9.17) is 0 Å². The number of carboxylic acid groups (broad SMARTS) is 1. The number of nitrogens with zero attached hydrogens (tertiary/aromatic N) is 2. The first kappa shape index (κ1) is 25.9. The lowest BCUT2D eigenvalue weighted by Crippen LogP contribution is -2.44. The van der Waals surface area contributed by atoms with Gasteiger partial charge in [-0.3, -0.25) is 9.59 Å². The minimum Gasteiger partial charge on any atom is -0.477 e. The third-order valence-electron chi connectivity index (χ3n) is 5.71. The molecule has 2 rings (SSSR count). The number of carbonyl (C=O) groups is 3. The molecule has 0 radical (unpaired) electrons. The summed E-state index contributed by atoms with van der Waals surface area (Å²) < 4.78 is 0. The molecular weight excluding hydrogens is 424 g/mol. The van der Waals surface area contributed by atoms with Crippen LogP contribution in [-0.2, 0) is 9.59 Å². The molecule has 1 atom stereocenters. The maximum atomic E-state index is 13.6. The zero-order valence-electron chi connectivity index (χ0n) is 20.3. The van der Waals surface area contributed by atoms with Gasteiger partial charge in [0.15, 0.2) is 0 Å². The summed E-state index contributed by atoms with van der Waals surface area (Å²) in [6, 6.07) is 1.70. The van der Waals surface area contributed by atoms with Crippen molar-refractivity contribution in [3.8, 4) is 11.8 Å². The Bertz CT molecular complexity index is 909. The van der Waals surface area contributed by atoms with Crippen molar-refractivity contribution < 1.29 is 19.5 Å². The predicted molar refractivity (Wildman–Crippen MR) is 129 cm³/mol. The van der Waals surface area contributed by atoms with Crippen LogP contribution in [0, 0.1) is 35.0 Å². The zero-order chi connectivity index (χ0) is 24.2. The van der Waals surface area contributed by atoms with E-state index >= 15 is 0 Å². The highest BCUT2D eigenvalue weighted by atomic mass is 32.1. The number of aromatic carboxylic acids is 1. The van der Waals surface area contributed by atoms with Gasteiger partial charge in [0.25, 0.3) is 0 Å². The van der Waals surface area contributed by atoms with Crippen LogP contribution in [0.4, 0.5) is 5.69 Å². The summed E-state index contributed by atoms with van der Waals surface area (Å²) in [5.41, 5.74) is 0.122. The maximum Gasteiger partial charge on any atom is 0.348 e. The van der Waals surface area contributed by atoms with E-state index in [9.17, 15) is 19.5 Å². The molecule has 1 N–H and O–H groups in total. The average molecular weight is 461 g/mol. The van der Waals surface area contributed by atoms with E-state index in [0.29, 0.717) is 16.5 Å². The Hall–Kier alpha value is -2.33. The molecule has 0 saturated heterocycles. The molecule has 32 heavy (non-hydrogen) atoms. The third-order valence-corrected chi connectivity index (χ3v) is 6.74. The molecule has 2 amide bonds. The molecule has 0 spiro atoms. The fourth-order valence-electron chi connectivity index (χ4n) is 3.87. The van der Waals surface area contributed by atoms with Crippen LogP contribution in [-0.4, -0.2) is 48.4 Å². The van der Waals surface area contributed by atoms with Crippen molar-refractivity contribution in [2.45, 2.75) is 60.3 Å². The largest absolute Gasteiger partial charge is 0.477 e. The molecule has 1 fully saturated rings. The fourth-order valence-corrected chi connectivity index (χ4v) is 4.73. The second-order valence-electron chi connectivity index (χ2n) is 10.2. The van der Waals surface area contributed by atoms with Crippen LogP contribution < -0.4 is 4.90 Å². The predicted octanol–water partition coefficient (Wildman–Crippen LogP) is 4.73. The SMILES string of the molecule is CC1CCC(C(=O)N(C[C@H](C)C(=O)N(C)C)c2cc(C#CC(C)(C)C)sc2C(=O)O)CC1. The molecule has 0 bridgehead atoms. The van der Waals surface area contributed by atoms with Crippen LogP contribution in [0.5, 0.6) is 0 Å². The van der Waals surface area contributed by atoms with Crippen molar-refractivity contribution in [2.24, 2.45) is 23.2 Å². The number of hydrogen-bond acceptors (Lipinski definition) is 4. The van der Waals surface area contributed by atoms with Crippen LogP contribution in [0.3, 0.4) is 0 Å². The molecule has 0 aromatic carbocycles. The molecule has 176 valence electrons. The second kappa shape index (κ2) is 10.5. The molecule has 6 nitrogen and oxygen atoms in total. The van der Waals surface area contributed by atoms with E-state index in [1.54, 1.807) is 27.1 Å². The van der Waals surface area contributed by atoms with Crippen LogP contribution in [0.1, 0.15) is 74.9 Å². The van der Waals surface area contributed by atoms with Gasteiger partial charge in [-0.2, -0.15) is 0 Å². The summed E-state index contributed by atoms with van der Waals surface area (Å²) in [7, 11) is 3.36. The number of hydrogen-bond donors (Lipinski definition) is 1. The van der Waals surface area contributed by atoms with Gasteiger partial charge in [0.2, 0.25) is 11.8 Å². The van der Waals surface area contributed by atoms with Crippen molar-refractivity contribution in [2.75, 3.05) is 25.5 Å². The van der Waals surface area contributed by atoms with E-state index in [2.05, 4.69) is 18.8 Å². The van der Waals surface area contributed by atoms with Gasteiger partial charge in [-0.25, -0.2) is 4.79 Å². The molecule has 1 aliphatic rings. The third kappa shape index (κ3) is 6.83. The molecule has 0 aliphatic heterocycles. The van der Waals surface area contributed by atoms with Crippen molar-refractivity contribution in [1.29, 1.82) is 0 Å². The Labute approximate surface area is 196 Å². The van der Waals surface area contributed by atoms with Gasteiger partial charge >= 0.3 is 5.97 Å². The average Bonchev–Trinajstić information content (AvgIpc) is 3.13. The first-order valence-corrected chi connectivity index (χ1v) is 12.0. The Kier molecular flexibility index (Phi) is 8.53. The maximum absolute atomic E-state index is 13.6. The Morgan fingerprint density at radius 3 is 2.28 bits per heavy atom. The summed E-state index contributed by atoms with van der Waals surface area (Å²) in [6.45, 7) is 10.1. The summed E-state index contributed by atoms with van der Waals surface area (Å²) in [4.78, 5) is 41.9. The lowest BCUT2D eigenvalue weighted by Gasteiger charge is -2.32. The molecule has 0 unspecified atom stereocenters. The van der Waals surface area contributed by atoms with Crippen LogP contribution in [0.25, 0.3) is 0 Å². The van der Waals surface area contributed by atoms with Gasteiger partial charge in [-0.1, -0.05) is 25.7 Å². The lowest BCUT2D eigenvalue weighted by molar-refractivity contribution is -0.132. The van der Waals surface area contributed by atoms with E-state index in [1.807, 2.05) is 20.8 Å². The van der Waals surface area contributed by atoms with Gasteiger partial charge in [0, 0.05) is 32.0 Å². The van der Waals surface area contributed by atoms with Gasteiger partial charge in [0.05, 0.1) is 16.5 Å². The van der Waals surface area contributed by atoms with Crippen molar-refractivity contribution in [3.63, 3.8) is 0 Å². The second-order valence-corrected chi connectivity index (χ2v) is 11.2. The standard InChI is InChI=1S/C25H36N2O4S/c1-16-8-10-18(11-9-16)23(29)27(15-17(2)22(28)26(6)7)20-14-19(12-13-25(3,4)5)32-21(20)24(30)31/h14,16-18H,8-11,15H2,1-7H3,(H,30,31)/t16?,17-,18?/m0/s1. The van der Waals surface area contributed by atoms with E-state index in [0.717, 1.165) is 37.0 Å². The summed E-state index contributed by atoms with van der Waals surface area (Å²) >= 11 is 1.08. The molecule has 1 aromatic rings. The monoisotopic (exact) mass is 460 g/mol. The van der Waals surface area contributed by atoms with E-state index < -0.39 is 11.9 Å². The van der Waals surface area contributed by atoms with Gasteiger partial charge < -0.3 is 14.9 Å². The Morgan fingerprint density at radius 2 is 1.78 bits per heavy atom. The van der Waals surface area contributed by atoms with Crippen LogP contribution in [0.2, 0.25) is 0 Å². The van der Waals surface area contributed by atoms with Crippen molar-refractivity contribution >= 4 is 34.8 Å². The molecule has 1 aliphatic carbocycles. The smallest absolute Gasteiger partial charge is 0.348 e. The summed E-state index contributed by atoms with van der Waals surface area (Å²) in [6.07, 6.45) is 3.54. The van der Waals surface area contributed by atoms with Gasteiger partial charge in [0.1, 0.15) is 4.88 Å². The number of carbonyl (C=O) groups excluding carboxylic acids is 2. The van der Waals surface area contributed by atoms with E-state index in [-0.39, 0.29) is 34.6 Å². The Balaban J connectivity index is 2.48. The molecular formula is C25H36N2O4S. The highest BCUT2D eigenvalue weighted by Gasteiger charge is 2.34. The van der Waals surface area contributed by atoms with E-state index in [1.165, 1.54) is 9.80 Å². The van der Waals surface area contributed by atoms with Gasteiger partial charge in [-0.05, 0) is 58.4 Å². The van der Waals surface area contributed by atoms with Crippen LogP contribution >= 0.6 is 11.3 Å². The number of anilines is 1. The highest BCUT2D eigenvalue weighted by molar-refractivity contribution is 7.15. The number of rotatable bonds is 6. The Morgan fingerprint density at radius 1 is 1.19 bits per heavy atom. The summed E-state index contributed by atoms with van der Waals surface area (Å²) in [5.74, 6) is 4.90. The first-order chi connectivity index (χ1) is 14.8. The molecule has 1 aromatic heterocycles. The number of carboxylic acids is 1.